The molecule has 6 heteroatoms. The summed E-state index contributed by atoms with van der Waals surface area (Å²) < 4.78 is 15.6. The Morgan fingerprint density at radius 1 is 1.11 bits per heavy atom. The number of fused-ring (bicyclic) bond motifs is 1. The summed E-state index contributed by atoms with van der Waals surface area (Å²) >= 11 is 3.05. The highest BCUT2D eigenvalue weighted by Gasteiger charge is 2.11. The molecule has 0 aliphatic rings. The number of anilines is 1. The van der Waals surface area contributed by atoms with Crippen molar-refractivity contribution in [1.82, 2.24) is 4.98 Å². The average molecular weight is 409 g/mol. The maximum Gasteiger partial charge on any atom is 0.255 e. The molecule has 0 spiro atoms. The first-order valence-electron chi connectivity index (χ1n) is 8.74. The van der Waals surface area contributed by atoms with E-state index in [4.69, 9.17) is 0 Å². The molecule has 0 saturated heterocycles. The molecule has 0 aliphatic carbocycles. The molecule has 4 rings (SSSR count). The average Bonchev–Trinajstić information content (AvgIpc) is 3.10. The molecule has 3 aromatic carbocycles. The highest BCUT2D eigenvalue weighted by atomic mass is 32.2. The van der Waals surface area contributed by atoms with E-state index < -0.39 is 0 Å². The predicted molar refractivity (Wildman–Crippen MR) is 115 cm³/mol. The summed E-state index contributed by atoms with van der Waals surface area (Å²) in [6.07, 6.45) is 0. The maximum atomic E-state index is 13.8. The minimum Gasteiger partial charge on any atom is -0.322 e. The molecular formula is C22H17FN2OS2. The van der Waals surface area contributed by atoms with Crippen molar-refractivity contribution in [2.45, 2.75) is 17.0 Å². The number of hydrogen-bond donors (Lipinski definition) is 1. The van der Waals surface area contributed by atoms with Gasteiger partial charge in [0.05, 0.1) is 10.2 Å². The predicted octanol–water partition coefficient (Wildman–Crippen LogP) is 6.29. The third-order valence-corrected chi connectivity index (χ3v) is 6.54. The van der Waals surface area contributed by atoms with Gasteiger partial charge in [0.2, 0.25) is 0 Å². The van der Waals surface area contributed by atoms with Crippen LogP contribution in [0, 0.1) is 12.7 Å². The number of hydrogen-bond acceptors (Lipinski definition) is 4. The van der Waals surface area contributed by atoms with Crippen molar-refractivity contribution in [3.05, 3.63) is 89.2 Å². The van der Waals surface area contributed by atoms with Crippen LogP contribution >= 0.6 is 23.1 Å². The minimum absolute atomic E-state index is 0.129. The molecule has 0 unspecified atom stereocenters. The van der Waals surface area contributed by atoms with Crippen LogP contribution in [0.3, 0.4) is 0 Å². The fourth-order valence-corrected chi connectivity index (χ4v) is 4.92. The molecule has 1 heterocycles. The zero-order chi connectivity index (χ0) is 19.5. The number of aromatic nitrogens is 1. The Hall–Kier alpha value is -2.70. The highest BCUT2D eigenvalue weighted by Crippen LogP contribution is 2.33. The van der Waals surface area contributed by atoms with Gasteiger partial charge in [0.25, 0.3) is 5.91 Å². The Balaban J connectivity index is 1.49. The standard InChI is InChI=1S/C22H17FN2OS2/c1-14-6-2-4-8-17(14)21(26)24-16-10-11-19-20(12-16)28-22(25-19)27-13-15-7-3-5-9-18(15)23/h2-12H,13H2,1H3,(H,24,26). The highest BCUT2D eigenvalue weighted by molar-refractivity contribution is 8.00. The van der Waals surface area contributed by atoms with Crippen LogP contribution in [0.25, 0.3) is 10.2 Å². The van der Waals surface area contributed by atoms with Crippen LogP contribution in [-0.2, 0) is 5.75 Å². The van der Waals surface area contributed by atoms with E-state index in [-0.39, 0.29) is 11.7 Å². The Morgan fingerprint density at radius 3 is 2.71 bits per heavy atom. The third-order valence-electron chi connectivity index (χ3n) is 4.33. The van der Waals surface area contributed by atoms with Gasteiger partial charge in [0.15, 0.2) is 4.34 Å². The Labute approximate surface area is 170 Å². The van der Waals surface area contributed by atoms with Crippen molar-refractivity contribution in [3.63, 3.8) is 0 Å². The molecule has 0 saturated carbocycles. The number of aryl methyl sites for hydroxylation is 1. The fraction of sp³-hybridized carbons (Fsp3) is 0.0909. The van der Waals surface area contributed by atoms with Crippen molar-refractivity contribution in [2.24, 2.45) is 0 Å². The summed E-state index contributed by atoms with van der Waals surface area (Å²) in [5.41, 5.74) is 3.86. The van der Waals surface area contributed by atoms with Gasteiger partial charge in [-0.15, -0.1) is 11.3 Å². The summed E-state index contributed by atoms with van der Waals surface area (Å²) in [5.74, 6) is 0.206. The lowest BCUT2D eigenvalue weighted by atomic mass is 10.1. The van der Waals surface area contributed by atoms with E-state index >= 15 is 0 Å². The summed E-state index contributed by atoms with van der Waals surface area (Å²) in [6.45, 7) is 1.92. The van der Waals surface area contributed by atoms with E-state index in [2.05, 4.69) is 10.3 Å². The first-order valence-corrected chi connectivity index (χ1v) is 10.5. The zero-order valence-electron chi connectivity index (χ0n) is 15.1. The number of carbonyl (C=O) groups excluding carboxylic acids is 1. The first kappa shape index (κ1) is 18.7. The molecule has 140 valence electrons. The van der Waals surface area contributed by atoms with Crippen LogP contribution in [-0.4, -0.2) is 10.9 Å². The summed E-state index contributed by atoms with van der Waals surface area (Å²) in [7, 11) is 0. The second kappa shape index (κ2) is 8.12. The lowest BCUT2D eigenvalue weighted by molar-refractivity contribution is 0.102. The van der Waals surface area contributed by atoms with Crippen molar-refractivity contribution in [1.29, 1.82) is 0 Å². The van der Waals surface area contributed by atoms with Gasteiger partial charge in [-0.3, -0.25) is 4.79 Å². The minimum atomic E-state index is -0.197. The van der Waals surface area contributed by atoms with Gasteiger partial charge < -0.3 is 5.32 Å². The molecular weight excluding hydrogens is 391 g/mol. The molecule has 1 amide bonds. The van der Waals surface area contributed by atoms with Gasteiger partial charge >= 0.3 is 0 Å². The number of nitrogens with one attached hydrogen (secondary N) is 1. The smallest absolute Gasteiger partial charge is 0.255 e. The van der Waals surface area contributed by atoms with Crippen LogP contribution in [0.5, 0.6) is 0 Å². The molecule has 0 bridgehead atoms. The largest absolute Gasteiger partial charge is 0.322 e. The van der Waals surface area contributed by atoms with Crippen LogP contribution in [0.15, 0.2) is 71.1 Å². The van der Waals surface area contributed by atoms with Gasteiger partial charge in [0.1, 0.15) is 5.82 Å². The number of rotatable bonds is 5. The van der Waals surface area contributed by atoms with E-state index in [9.17, 15) is 9.18 Å². The molecule has 28 heavy (non-hydrogen) atoms. The third kappa shape index (κ3) is 4.08. The summed E-state index contributed by atoms with van der Waals surface area (Å²) in [5, 5.41) is 2.95. The van der Waals surface area contributed by atoms with Crippen LogP contribution < -0.4 is 5.32 Å². The molecule has 1 N–H and O–H groups in total. The van der Waals surface area contributed by atoms with E-state index in [0.29, 0.717) is 16.9 Å². The number of carbonyl (C=O) groups is 1. The number of thioether (sulfide) groups is 1. The zero-order valence-corrected chi connectivity index (χ0v) is 16.7. The number of thiazole rings is 1. The molecule has 4 aromatic rings. The van der Waals surface area contributed by atoms with Gasteiger partial charge in [-0.2, -0.15) is 0 Å². The second-order valence-electron chi connectivity index (χ2n) is 6.31. The molecule has 0 atom stereocenters. The summed E-state index contributed by atoms with van der Waals surface area (Å²) in [4.78, 5) is 17.1. The van der Waals surface area contributed by atoms with E-state index in [1.54, 1.807) is 23.5 Å². The van der Waals surface area contributed by atoms with Gasteiger partial charge in [-0.25, -0.2) is 9.37 Å². The van der Waals surface area contributed by atoms with Crippen LogP contribution in [0.4, 0.5) is 10.1 Å². The monoisotopic (exact) mass is 408 g/mol. The maximum absolute atomic E-state index is 13.8. The number of amides is 1. The lowest BCUT2D eigenvalue weighted by Crippen LogP contribution is -2.13. The first-order chi connectivity index (χ1) is 13.6. The lowest BCUT2D eigenvalue weighted by Gasteiger charge is -2.07. The molecule has 3 nitrogen and oxygen atoms in total. The van der Waals surface area contributed by atoms with Gasteiger partial charge in [-0.05, 0) is 48.4 Å². The molecule has 0 radical (unpaired) electrons. The van der Waals surface area contributed by atoms with Crippen molar-refractivity contribution in [3.8, 4) is 0 Å². The topological polar surface area (TPSA) is 42.0 Å². The van der Waals surface area contributed by atoms with Gasteiger partial charge in [-0.1, -0.05) is 48.2 Å². The van der Waals surface area contributed by atoms with Crippen LogP contribution in [0.2, 0.25) is 0 Å². The Bertz CT molecular complexity index is 1160. The van der Waals surface area contributed by atoms with Crippen molar-refractivity contribution >= 4 is 44.9 Å². The Kier molecular flexibility index (Phi) is 5.41. The van der Waals surface area contributed by atoms with Crippen LogP contribution in [0.1, 0.15) is 21.5 Å². The Morgan fingerprint density at radius 2 is 1.89 bits per heavy atom. The SMILES string of the molecule is Cc1ccccc1C(=O)Nc1ccc2nc(SCc3ccccc3F)sc2c1. The van der Waals surface area contributed by atoms with Crippen molar-refractivity contribution in [2.75, 3.05) is 5.32 Å². The van der Waals surface area contributed by atoms with Crippen molar-refractivity contribution < 1.29 is 9.18 Å². The normalized spacial score (nSPS) is 10.9. The van der Waals surface area contributed by atoms with E-state index in [1.165, 1.54) is 17.8 Å². The number of halogens is 1. The molecule has 0 fully saturated rings. The quantitative estimate of drug-likeness (QED) is 0.395. The number of benzene rings is 3. The molecule has 1 aromatic heterocycles. The van der Waals surface area contributed by atoms with Gasteiger partial charge in [0, 0.05) is 17.0 Å². The number of nitrogens with zero attached hydrogens (tertiary/aromatic N) is 1. The summed E-state index contributed by atoms with van der Waals surface area (Å²) in [6, 6.07) is 19.9. The van der Waals surface area contributed by atoms with E-state index in [0.717, 1.165) is 25.8 Å². The van der Waals surface area contributed by atoms with E-state index in [1.807, 2.05) is 55.5 Å². The fourth-order valence-electron chi connectivity index (χ4n) is 2.82. The second-order valence-corrected chi connectivity index (χ2v) is 8.56. The molecule has 0 aliphatic heterocycles.